The van der Waals surface area contributed by atoms with Crippen molar-refractivity contribution in [1.82, 2.24) is 20.3 Å². The van der Waals surface area contributed by atoms with Crippen LogP contribution in [-0.4, -0.2) is 21.5 Å². The van der Waals surface area contributed by atoms with Crippen LogP contribution in [0.1, 0.15) is 37.1 Å². The van der Waals surface area contributed by atoms with E-state index in [1.54, 1.807) is 6.33 Å². The standard InChI is InChI=1S/C15H20N4/c1-2-8-19-15(13-10-16-12-17-11-13)7-6-14-5-3-4-9-18-14/h3-5,9-12,15,19H,2,6-8H2,1H3. The van der Waals surface area contributed by atoms with Gasteiger partial charge in [-0.3, -0.25) is 4.98 Å². The van der Waals surface area contributed by atoms with Gasteiger partial charge in [-0.15, -0.1) is 0 Å². The van der Waals surface area contributed by atoms with Gasteiger partial charge in [0.15, 0.2) is 0 Å². The van der Waals surface area contributed by atoms with Crippen molar-refractivity contribution in [2.75, 3.05) is 6.54 Å². The lowest BCUT2D eigenvalue weighted by Crippen LogP contribution is -2.23. The Balaban J connectivity index is 1.98. The fourth-order valence-electron chi connectivity index (χ4n) is 2.03. The fraction of sp³-hybridized carbons (Fsp3) is 0.400. The molecule has 0 aliphatic rings. The second kappa shape index (κ2) is 7.59. The monoisotopic (exact) mass is 256 g/mol. The quantitative estimate of drug-likeness (QED) is 0.827. The van der Waals surface area contributed by atoms with E-state index in [9.17, 15) is 0 Å². The number of nitrogens with zero attached hydrogens (tertiary/aromatic N) is 3. The van der Waals surface area contributed by atoms with E-state index < -0.39 is 0 Å². The molecule has 0 amide bonds. The molecule has 0 aliphatic heterocycles. The van der Waals surface area contributed by atoms with E-state index in [0.717, 1.165) is 37.1 Å². The maximum atomic E-state index is 4.37. The first kappa shape index (κ1) is 13.6. The smallest absolute Gasteiger partial charge is 0.115 e. The summed E-state index contributed by atoms with van der Waals surface area (Å²) in [6.45, 7) is 3.17. The van der Waals surface area contributed by atoms with Gasteiger partial charge in [0.2, 0.25) is 0 Å². The van der Waals surface area contributed by atoms with Crippen LogP contribution in [0.5, 0.6) is 0 Å². The summed E-state index contributed by atoms with van der Waals surface area (Å²) in [6.07, 6.45) is 10.3. The van der Waals surface area contributed by atoms with Crippen molar-refractivity contribution in [1.29, 1.82) is 0 Å². The summed E-state index contributed by atoms with van der Waals surface area (Å²) in [5, 5.41) is 3.55. The van der Waals surface area contributed by atoms with Crippen molar-refractivity contribution in [2.45, 2.75) is 32.2 Å². The van der Waals surface area contributed by atoms with Crippen LogP contribution in [0.2, 0.25) is 0 Å². The van der Waals surface area contributed by atoms with Crippen molar-refractivity contribution in [2.24, 2.45) is 0 Å². The van der Waals surface area contributed by atoms with Crippen LogP contribution >= 0.6 is 0 Å². The second-order valence-corrected chi connectivity index (χ2v) is 4.54. The number of hydrogen-bond donors (Lipinski definition) is 1. The Kier molecular flexibility index (Phi) is 5.44. The molecule has 0 saturated carbocycles. The summed E-state index contributed by atoms with van der Waals surface area (Å²) in [4.78, 5) is 12.6. The lowest BCUT2D eigenvalue weighted by Gasteiger charge is -2.18. The number of aromatic nitrogens is 3. The van der Waals surface area contributed by atoms with Crippen molar-refractivity contribution in [3.63, 3.8) is 0 Å². The molecule has 1 unspecified atom stereocenters. The van der Waals surface area contributed by atoms with Gasteiger partial charge in [-0.2, -0.15) is 0 Å². The van der Waals surface area contributed by atoms with Crippen molar-refractivity contribution >= 4 is 0 Å². The van der Waals surface area contributed by atoms with E-state index in [4.69, 9.17) is 0 Å². The van der Waals surface area contributed by atoms with E-state index in [-0.39, 0.29) is 0 Å². The third-order valence-electron chi connectivity index (χ3n) is 3.04. The van der Waals surface area contributed by atoms with E-state index in [1.165, 1.54) is 0 Å². The molecule has 0 aromatic carbocycles. The van der Waals surface area contributed by atoms with E-state index >= 15 is 0 Å². The van der Waals surface area contributed by atoms with Crippen LogP contribution in [0.25, 0.3) is 0 Å². The fourth-order valence-corrected chi connectivity index (χ4v) is 2.03. The molecule has 0 spiro atoms. The highest BCUT2D eigenvalue weighted by Crippen LogP contribution is 2.17. The van der Waals surface area contributed by atoms with Crippen LogP contribution in [-0.2, 0) is 6.42 Å². The molecule has 1 N–H and O–H groups in total. The average Bonchev–Trinajstić information content (AvgIpc) is 2.49. The number of rotatable bonds is 7. The second-order valence-electron chi connectivity index (χ2n) is 4.54. The molecule has 2 rings (SSSR count). The van der Waals surface area contributed by atoms with Gasteiger partial charge >= 0.3 is 0 Å². The summed E-state index contributed by atoms with van der Waals surface area (Å²) in [7, 11) is 0. The number of hydrogen-bond acceptors (Lipinski definition) is 4. The van der Waals surface area contributed by atoms with E-state index in [0.29, 0.717) is 6.04 Å². The first-order chi connectivity index (χ1) is 9.40. The van der Waals surface area contributed by atoms with Crippen LogP contribution in [0, 0.1) is 0 Å². The zero-order valence-electron chi connectivity index (χ0n) is 11.3. The molecular weight excluding hydrogens is 236 g/mol. The molecule has 4 nitrogen and oxygen atoms in total. The highest BCUT2D eigenvalue weighted by Gasteiger charge is 2.11. The predicted octanol–water partition coefficient (Wildman–Crippen LogP) is 2.55. The molecule has 4 heteroatoms. The SMILES string of the molecule is CCCNC(CCc1ccccn1)c1cncnc1. The zero-order chi connectivity index (χ0) is 13.3. The molecule has 19 heavy (non-hydrogen) atoms. The molecule has 0 bridgehead atoms. The van der Waals surface area contributed by atoms with E-state index in [2.05, 4.69) is 33.3 Å². The Morgan fingerprint density at radius 2 is 2.05 bits per heavy atom. The molecule has 2 aromatic heterocycles. The third-order valence-corrected chi connectivity index (χ3v) is 3.04. The van der Waals surface area contributed by atoms with Crippen LogP contribution in [0.4, 0.5) is 0 Å². The summed E-state index contributed by atoms with van der Waals surface area (Å²) in [6, 6.07) is 6.34. The number of nitrogens with one attached hydrogen (secondary N) is 1. The maximum Gasteiger partial charge on any atom is 0.115 e. The van der Waals surface area contributed by atoms with Crippen molar-refractivity contribution < 1.29 is 0 Å². The van der Waals surface area contributed by atoms with Gasteiger partial charge in [0.25, 0.3) is 0 Å². The van der Waals surface area contributed by atoms with Crippen LogP contribution in [0.3, 0.4) is 0 Å². The largest absolute Gasteiger partial charge is 0.310 e. The van der Waals surface area contributed by atoms with Gasteiger partial charge in [0.05, 0.1) is 0 Å². The summed E-state index contributed by atoms with van der Waals surface area (Å²) >= 11 is 0. The van der Waals surface area contributed by atoms with Crippen molar-refractivity contribution in [3.8, 4) is 0 Å². The Labute approximate surface area is 114 Å². The topological polar surface area (TPSA) is 50.7 Å². The molecule has 0 fully saturated rings. The molecule has 100 valence electrons. The Bertz CT molecular complexity index is 458. The summed E-state index contributed by atoms with van der Waals surface area (Å²) in [5.74, 6) is 0. The Morgan fingerprint density at radius 3 is 2.74 bits per heavy atom. The van der Waals surface area contributed by atoms with Crippen molar-refractivity contribution in [3.05, 3.63) is 54.4 Å². The van der Waals surface area contributed by atoms with Gasteiger partial charge in [-0.05, 0) is 37.9 Å². The minimum absolute atomic E-state index is 0.295. The normalized spacial score (nSPS) is 12.3. The molecule has 0 aliphatic carbocycles. The average molecular weight is 256 g/mol. The summed E-state index contributed by atoms with van der Waals surface area (Å²) in [5.41, 5.74) is 2.27. The van der Waals surface area contributed by atoms with Gasteiger partial charge < -0.3 is 5.32 Å². The van der Waals surface area contributed by atoms with Crippen LogP contribution in [0.15, 0.2) is 43.1 Å². The molecule has 1 atom stereocenters. The first-order valence-corrected chi connectivity index (χ1v) is 6.78. The maximum absolute atomic E-state index is 4.37. The minimum Gasteiger partial charge on any atom is -0.310 e. The predicted molar refractivity (Wildman–Crippen MR) is 75.6 cm³/mol. The highest BCUT2D eigenvalue weighted by atomic mass is 14.9. The first-order valence-electron chi connectivity index (χ1n) is 6.78. The Morgan fingerprint density at radius 1 is 1.21 bits per heavy atom. The minimum atomic E-state index is 0.295. The zero-order valence-corrected chi connectivity index (χ0v) is 11.3. The molecule has 0 saturated heterocycles. The molecule has 2 heterocycles. The lowest BCUT2D eigenvalue weighted by atomic mass is 10.0. The molecular formula is C15H20N4. The Hall–Kier alpha value is -1.81. The van der Waals surface area contributed by atoms with Gasteiger partial charge in [-0.25, -0.2) is 9.97 Å². The number of aryl methyl sites for hydroxylation is 1. The number of pyridine rings is 1. The van der Waals surface area contributed by atoms with Crippen LogP contribution < -0.4 is 5.32 Å². The molecule has 0 radical (unpaired) electrons. The van der Waals surface area contributed by atoms with E-state index in [1.807, 2.05) is 30.7 Å². The van der Waals surface area contributed by atoms with Gasteiger partial charge in [-0.1, -0.05) is 13.0 Å². The summed E-state index contributed by atoms with van der Waals surface area (Å²) < 4.78 is 0. The van der Waals surface area contributed by atoms with Gasteiger partial charge in [0.1, 0.15) is 6.33 Å². The van der Waals surface area contributed by atoms with Gasteiger partial charge in [0, 0.05) is 35.9 Å². The highest BCUT2D eigenvalue weighted by molar-refractivity contribution is 5.11. The third kappa shape index (κ3) is 4.41. The molecule has 2 aromatic rings. The lowest BCUT2D eigenvalue weighted by molar-refractivity contribution is 0.494.